The predicted octanol–water partition coefficient (Wildman–Crippen LogP) is 8.44. The van der Waals surface area contributed by atoms with Crippen molar-refractivity contribution in [2.75, 3.05) is 32.1 Å². The molecular formula is C43H54ClN5O4. The topological polar surface area (TPSA) is 102 Å². The Kier molecular flexibility index (Phi) is 11.0. The summed E-state index contributed by atoms with van der Waals surface area (Å²) in [4.78, 5) is 19.9. The van der Waals surface area contributed by atoms with Gasteiger partial charge in [0.15, 0.2) is 0 Å². The van der Waals surface area contributed by atoms with Crippen molar-refractivity contribution in [1.29, 1.82) is 0 Å². The smallest absolute Gasteiger partial charge is 0.329 e. The van der Waals surface area contributed by atoms with E-state index in [0.717, 1.165) is 68.1 Å². The van der Waals surface area contributed by atoms with Crippen LogP contribution in [0, 0.1) is 11.8 Å². The molecule has 0 aliphatic heterocycles. The van der Waals surface area contributed by atoms with Gasteiger partial charge in [0.25, 0.3) is 0 Å². The van der Waals surface area contributed by atoms with Gasteiger partial charge in [0.05, 0.1) is 12.3 Å². The molecule has 0 bridgehead atoms. The standard InChI is InChI=1S/C43H54ClN5O4/c1-29(28-53-39-14-19-45-38-10-5-7-30(2)40(38)39)23-32-24-31-11-12-36(52-22-21-48(3)27-35-13-20-46-49(35)4)26-37(31)42(32)15-17-43(18-16-42,41(50)51)47-34-9-6-8-33(44)25-34/h6,8-9,11-14,19-20,25-26,29-30,32,47H,5,7,10,15-18,21-24,27-28H2,1-4H3,(H,50,51)/t29-,30-,32+,42?,43?/m1/s1. The summed E-state index contributed by atoms with van der Waals surface area (Å²) in [6, 6.07) is 18.1. The second kappa shape index (κ2) is 15.7. The zero-order valence-electron chi connectivity index (χ0n) is 31.6. The van der Waals surface area contributed by atoms with Crippen LogP contribution in [-0.4, -0.2) is 63.1 Å². The molecular weight excluding hydrogens is 686 g/mol. The van der Waals surface area contributed by atoms with E-state index in [4.69, 9.17) is 21.1 Å². The molecule has 53 heavy (non-hydrogen) atoms. The Morgan fingerprint density at radius 3 is 2.70 bits per heavy atom. The quantitative estimate of drug-likeness (QED) is 0.133. The summed E-state index contributed by atoms with van der Waals surface area (Å²) in [5.74, 6) is 2.18. The molecule has 2 aromatic carbocycles. The van der Waals surface area contributed by atoms with E-state index in [1.54, 1.807) is 0 Å². The number of likely N-dealkylation sites (N-methyl/N-ethyl adjacent to an activating group) is 1. The molecule has 3 atom stereocenters. The number of aromatic nitrogens is 3. The minimum atomic E-state index is -1.07. The van der Waals surface area contributed by atoms with Crippen LogP contribution in [-0.2, 0) is 36.6 Å². The van der Waals surface area contributed by atoms with Crippen LogP contribution < -0.4 is 14.8 Å². The molecule has 2 N–H and O–H groups in total. The number of fused-ring (bicyclic) bond motifs is 3. The lowest BCUT2D eigenvalue weighted by atomic mass is 9.59. The molecule has 0 unspecified atom stereocenters. The fraction of sp³-hybridized carbons (Fsp3) is 0.512. The summed E-state index contributed by atoms with van der Waals surface area (Å²) in [5.41, 5.74) is 5.83. The van der Waals surface area contributed by atoms with Crippen LogP contribution in [0.2, 0.25) is 5.02 Å². The number of nitrogens with one attached hydrogen (secondary N) is 1. The van der Waals surface area contributed by atoms with Gasteiger partial charge in [-0.2, -0.15) is 5.10 Å². The van der Waals surface area contributed by atoms with Crippen LogP contribution in [0.4, 0.5) is 5.69 Å². The van der Waals surface area contributed by atoms with Gasteiger partial charge in [0.2, 0.25) is 0 Å². The Balaban J connectivity index is 1.09. The van der Waals surface area contributed by atoms with Crippen molar-refractivity contribution in [3.05, 3.63) is 100 Å². The van der Waals surface area contributed by atoms with Crippen molar-refractivity contribution in [3.8, 4) is 11.5 Å². The zero-order valence-corrected chi connectivity index (χ0v) is 32.4. The number of aliphatic carboxylic acids is 1. The highest BCUT2D eigenvalue weighted by atomic mass is 35.5. The molecule has 1 saturated carbocycles. The summed E-state index contributed by atoms with van der Waals surface area (Å²) < 4.78 is 14.9. The number of ether oxygens (including phenoxy) is 2. The number of anilines is 1. The van der Waals surface area contributed by atoms with Crippen LogP contribution in [0.1, 0.15) is 92.8 Å². The van der Waals surface area contributed by atoms with Crippen molar-refractivity contribution in [1.82, 2.24) is 19.7 Å². The molecule has 0 amide bonds. The molecule has 9 nitrogen and oxygen atoms in total. The van der Waals surface area contributed by atoms with Gasteiger partial charge in [-0.15, -0.1) is 0 Å². The average molecular weight is 740 g/mol. The summed E-state index contributed by atoms with van der Waals surface area (Å²) in [6.07, 6.45) is 11.6. The van der Waals surface area contributed by atoms with Crippen molar-refractivity contribution >= 4 is 23.3 Å². The number of carboxylic acids is 1. The van der Waals surface area contributed by atoms with Gasteiger partial charge in [0, 0.05) is 54.5 Å². The number of hydrogen-bond acceptors (Lipinski definition) is 7. The Hall–Kier alpha value is -4.08. The molecule has 3 aliphatic rings. The van der Waals surface area contributed by atoms with Crippen LogP contribution in [0.15, 0.2) is 67.0 Å². The minimum absolute atomic E-state index is 0.154. The Morgan fingerprint density at radius 2 is 1.94 bits per heavy atom. The third-order valence-corrected chi connectivity index (χ3v) is 12.6. The average Bonchev–Trinajstić information content (AvgIpc) is 3.67. The van der Waals surface area contributed by atoms with E-state index < -0.39 is 11.5 Å². The number of carbonyl (C=O) groups is 1. The fourth-order valence-corrected chi connectivity index (χ4v) is 9.59. The van der Waals surface area contributed by atoms with Crippen molar-refractivity contribution < 1.29 is 19.4 Å². The predicted molar refractivity (Wildman–Crippen MR) is 209 cm³/mol. The van der Waals surface area contributed by atoms with Crippen LogP contribution in [0.5, 0.6) is 11.5 Å². The van der Waals surface area contributed by atoms with Gasteiger partial charge in [-0.3, -0.25) is 14.6 Å². The largest absolute Gasteiger partial charge is 0.493 e. The third-order valence-electron chi connectivity index (χ3n) is 12.4. The van der Waals surface area contributed by atoms with Gasteiger partial charge in [-0.25, -0.2) is 4.79 Å². The lowest BCUT2D eigenvalue weighted by Crippen LogP contribution is -2.53. The molecule has 282 valence electrons. The number of nitrogens with zero attached hydrogens (tertiary/aromatic N) is 4. The molecule has 2 heterocycles. The molecule has 7 rings (SSSR count). The van der Waals surface area contributed by atoms with E-state index >= 15 is 0 Å². The molecule has 1 fully saturated rings. The van der Waals surface area contributed by atoms with Gasteiger partial charge in [-0.1, -0.05) is 37.6 Å². The maximum Gasteiger partial charge on any atom is 0.329 e. The number of aryl methyl sites for hydroxylation is 2. The molecule has 3 aliphatic carbocycles. The number of carboxylic acid groups (broad SMARTS) is 1. The van der Waals surface area contributed by atoms with Gasteiger partial charge in [0.1, 0.15) is 23.6 Å². The molecule has 0 radical (unpaired) electrons. The number of halogens is 1. The van der Waals surface area contributed by atoms with Gasteiger partial charge < -0.3 is 19.9 Å². The van der Waals surface area contributed by atoms with Gasteiger partial charge in [-0.05, 0) is 142 Å². The third kappa shape index (κ3) is 7.92. The SMILES string of the molecule is C[C@@H](COc1ccnc2c1[C@H](C)CCC2)C[C@H]1Cc2ccc(OCCN(C)Cc3ccnn3C)cc2C12CCC(Nc1cccc(Cl)c1)(C(=O)O)CC2. The van der Waals surface area contributed by atoms with Crippen molar-refractivity contribution in [2.24, 2.45) is 18.9 Å². The van der Waals surface area contributed by atoms with E-state index in [1.165, 1.54) is 35.2 Å². The number of hydrogen-bond donors (Lipinski definition) is 2. The molecule has 0 saturated heterocycles. The summed E-state index contributed by atoms with van der Waals surface area (Å²) >= 11 is 6.30. The number of pyridine rings is 1. The first-order chi connectivity index (χ1) is 25.5. The first kappa shape index (κ1) is 37.2. The maximum atomic E-state index is 13.0. The molecule has 1 spiro atoms. The number of benzene rings is 2. The van der Waals surface area contributed by atoms with E-state index in [9.17, 15) is 9.90 Å². The lowest BCUT2D eigenvalue weighted by Gasteiger charge is -2.47. The Labute approximate surface area is 319 Å². The Morgan fingerprint density at radius 1 is 1.11 bits per heavy atom. The maximum absolute atomic E-state index is 13.0. The van der Waals surface area contributed by atoms with E-state index in [1.807, 2.05) is 60.5 Å². The van der Waals surface area contributed by atoms with Gasteiger partial charge >= 0.3 is 5.97 Å². The van der Waals surface area contributed by atoms with E-state index in [0.29, 0.717) is 48.8 Å². The molecule has 2 aromatic heterocycles. The molecule has 10 heteroatoms. The highest BCUT2D eigenvalue weighted by Crippen LogP contribution is 2.57. The Bertz CT molecular complexity index is 1900. The van der Waals surface area contributed by atoms with Crippen LogP contribution >= 0.6 is 11.6 Å². The summed E-state index contributed by atoms with van der Waals surface area (Å²) in [7, 11) is 4.07. The molecule has 4 aromatic rings. The summed E-state index contributed by atoms with van der Waals surface area (Å²) in [5, 5.41) is 19.0. The number of rotatable bonds is 14. The fourth-order valence-electron chi connectivity index (χ4n) is 9.40. The van der Waals surface area contributed by atoms with Crippen molar-refractivity contribution in [3.63, 3.8) is 0 Å². The summed E-state index contributed by atoms with van der Waals surface area (Å²) in [6.45, 7) is 7.38. The highest BCUT2D eigenvalue weighted by molar-refractivity contribution is 6.30. The minimum Gasteiger partial charge on any atom is -0.493 e. The first-order valence-corrected chi connectivity index (χ1v) is 19.7. The second-order valence-corrected chi connectivity index (χ2v) is 16.5. The normalized spacial score (nSPS) is 24.1. The van der Waals surface area contributed by atoms with Crippen LogP contribution in [0.25, 0.3) is 0 Å². The van der Waals surface area contributed by atoms with E-state index in [-0.39, 0.29) is 5.41 Å². The van der Waals surface area contributed by atoms with E-state index in [2.05, 4.69) is 59.4 Å². The highest BCUT2D eigenvalue weighted by Gasteiger charge is 2.54. The second-order valence-electron chi connectivity index (χ2n) is 16.0. The van der Waals surface area contributed by atoms with Crippen LogP contribution in [0.3, 0.4) is 0 Å². The monoisotopic (exact) mass is 739 g/mol. The lowest BCUT2D eigenvalue weighted by molar-refractivity contribution is -0.144. The zero-order chi connectivity index (χ0) is 37.2. The van der Waals surface area contributed by atoms with Crippen molar-refractivity contribution in [2.45, 2.75) is 95.1 Å². The first-order valence-electron chi connectivity index (χ1n) is 19.3.